The van der Waals surface area contributed by atoms with Gasteiger partial charge in [0.15, 0.2) is 0 Å². The average Bonchev–Trinajstić information content (AvgIpc) is 2.68. The van der Waals surface area contributed by atoms with Crippen molar-refractivity contribution in [1.29, 1.82) is 0 Å². The highest BCUT2D eigenvalue weighted by Crippen LogP contribution is 2.34. The second-order valence-electron chi connectivity index (χ2n) is 4.33. The largest absolute Gasteiger partial charge is 0.493 e. The van der Waals surface area contributed by atoms with Gasteiger partial charge in [0.05, 0.1) is 12.8 Å². The number of nitrogens with two attached hydrogens (primary N) is 2. The lowest BCUT2D eigenvalue weighted by Gasteiger charge is -2.09. The maximum atomic E-state index is 5.71. The Kier molecular flexibility index (Phi) is 3.89. The molecule has 19 heavy (non-hydrogen) atoms. The highest BCUT2D eigenvalue weighted by molar-refractivity contribution is 5.85. The molecule has 0 saturated heterocycles. The Balaban J connectivity index is 2.33. The summed E-state index contributed by atoms with van der Waals surface area (Å²) in [6.45, 7) is 4.55. The van der Waals surface area contributed by atoms with E-state index in [0.717, 1.165) is 29.0 Å². The highest BCUT2D eigenvalue weighted by atomic mass is 16.5. The van der Waals surface area contributed by atoms with Crippen molar-refractivity contribution in [1.82, 2.24) is 0 Å². The minimum Gasteiger partial charge on any atom is -0.493 e. The SMILES string of the molecule is CCOc1cc2c(cc1/C=N\N=C(N)N)O[C@H](C)C2. The molecule has 6 heteroatoms. The van der Waals surface area contributed by atoms with Crippen molar-refractivity contribution in [2.24, 2.45) is 21.7 Å². The van der Waals surface area contributed by atoms with Gasteiger partial charge < -0.3 is 20.9 Å². The molecule has 0 spiro atoms. The van der Waals surface area contributed by atoms with Gasteiger partial charge in [0.2, 0.25) is 5.96 Å². The van der Waals surface area contributed by atoms with Crippen molar-refractivity contribution in [2.75, 3.05) is 6.61 Å². The minimum atomic E-state index is -0.0831. The molecule has 0 amide bonds. The second-order valence-corrected chi connectivity index (χ2v) is 4.33. The molecule has 0 aromatic heterocycles. The van der Waals surface area contributed by atoms with E-state index in [1.54, 1.807) is 6.21 Å². The maximum absolute atomic E-state index is 5.71. The molecule has 6 nitrogen and oxygen atoms in total. The third-order valence-corrected chi connectivity index (χ3v) is 2.70. The quantitative estimate of drug-likeness (QED) is 0.481. The van der Waals surface area contributed by atoms with Gasteiger partial charge in [0, 0.05) is 17.5 Å². The van der Waals surface area contributed by atoms with Gasteiger partial charge in [-0.3, -0.25) is 0 Å². The van der Waals surface area contributed by atoms with Crippen LogP contribution >= 0.6 is 0 Å². The molecular formula is C13H18N4O2. The molecule has 102 valence electrons. The number of hydrogen-bond donors (Lipinski definition) is 2. The van der Waals surface area contributed by atoms with Crippen molar-refractivity contribution in [3.63, 3.8) is 0 Å². The van der Waals surface area contributed by atoms with E-state index >= 15 is 0 Å². The number of guanidine groups is 1. The molecule has 0 fully saturated rings. The first-order valence-electron chi connectivity index (χ1n) is 6.18. The van der Waals surface area contributed by atoms with E-state index in [-0.39, 0.29) is 12.1 Å². The molecule has 0 radical (unpaired) electrons. The molecule has 1 aromatic carbocycles. The summed E-state index contributed by atoms with van der Waals surface area (Å²) in [5.41, 5.74) is 12.4. The van der Waals surface area contributed by atoms with Crippen LogP contribution in [0.15, 0.2) is 22.3 Å². The van der Waals surface area contributed by atoms with Crippen molar-refractivity contribution >= 4 is 12.2 Å². The Morgan fingerprint density at radius 1 is 1.53 bits per heavy atom. The number of benzene rings is 1. The van der Waals surface area contributed by atoms with Crippen LogP contribution in [0.25, 0.3) is 0 Å². The Hall–Kier alpha value is -2.24. The molecule has 4 N–H and O–H groups in total. The summed E-state index contributed by atoms with van der Waals surface area (Å²) in [4.78, 5) is 0. The first-order chi connectivity index (χ1) is 9.10. The average molecular weight is 262 g/mol. The lowest BCUT2D eigenvalue weighted by Crippen LogP contribution is -2.21. The lowest BCUT2D eigenvalue weighted by molar-refractivity contribution is 0.254. The van der Waals surface area contributed by atoms with Crippen LogP contribution in [0.2, 0.25) is 0 Å². The van der Waals surface area contributed by atoms with E-state index in [1.165, 1.54) is 0 Å². The zero-order chi connectivity index (χ0) is 13.8. The van der Waals surface area contributed by atoms with Gasteiger partial charge in [0.25, 0.3) is 0 Å². The van der Waals surface area contributed by atoms with Gasteiger partial charge >= 0.3 is 0 Å². The standard InChI is InChI=1S/C13H18N4O2/c1-3-18-11-5-9-4-8(2)19-12(9)6-10(11)7-16-17-13(14)15/h5-8H,3-4H2,1-2H3,(H4,14,15,17)/b16-7-/t8-/m1/s1. The predicted molar refractivity (Wildman–Crippen MR) is 74.8 cm³/mol. The van der Waals surface area contributed by atoms with E-state index in [9.17, 15) is 0 Å². The maximum Gasteiger partial charge on any atom is 0.211 e. The minimum absolute atomic E-state index is 0.0831. The van der Waals surface area contributed by atoms with Gasteiger partial charge in [-0.15, -0.1) is 5.10 Å². The van der Waals surface area contributed by atoms with E-state index < -0.39 is 0 Å². The number of fused-ring (bicyclic) bond motifs is 1. The van der Waals surface area contributed by atoms with Crippen LogP contribution in [0.4, 0.5) is 0 Å². The molecule has 1 aliphatic rings. The van der Waals surface area contributed by atoms with E-state index in [2.05, 4.69) is 10.2 Å². The third-order valence-electron chi connectivity index (χ3n) is 2.70. The predicted octanol–water partition coefficient (Wildman–Crippen LogP) is 1.02. The normalized spacial score (nSPS) is 17.1. The van der Waals surface area contributed by atoms with Crippen molar-refractivity contribution in [3.05, 3.63) is 23.3 Å². The fourth-order valence-electron chi connectivity index (χ4n) is 1.99. The molecular weight excluding hydrogens is 244 g/mol. The van der Waals surface area contributed by atoms with E-state index in [4.69, 9.17) is 20.9 Å². The Bertz CT molecular complexity index is 522. The van der Waals surface area contributed by atoms with Gasteiger partial charge in [-0.1, -0.05) is 0 Å². The van der Waals surface area contributed by atoms with Gasteiger partial charge in [-0.25, -0.2) is 0 Å². The molecule has 0 aliphatic carbocycles. The third kappa shape index (κ3) is 3.15. The second kappa shape index (κ2) is 5.60. The first-order valence-corrected chi connectivity index (χ1v) is 6.18. The molecule has 1 atom stereocenters. The van der Waals surface area contributed by atoms with Gasteiger partial charge in [0.1, 0.15) is 17.6 Å². The van der Waals surface area contributed by atoms with Crippen LogP contribution in [0.3, 0.4) is 0 Å². The van der Waals surface area contributed by atoms with Crippen LogP contribution in [0.5, 0.6) is 11.5 Å². The fourth-order valence-corrected chi connectivity index (χ4v) is 1.99. The summed E-state index contributed by atoms with van der Waals surface area (Å²) in [7, 11) is 0. The van der Waals surface area contributed by atoms with Crippen molar-refractivity contribution in [3.8, 4) is 11.5 Å². The topological polar surface area (TPSA) is 95.2 Å². The number of hydrogen-bond acceptors (Lipinski definition) is 4. The fraction of sp³-hybridized carbons (Fsp3) is 0.385. The molecule has 0 saturated carbocycles. The zero-order valence-electron chi connectivity index (χ0n) is 11.1. The van der Waals surface area contributed by atoms with Crippen molar-refractivity contribution in [2.45, 2.75) is 26.4 Å². The molecule has 1 aromatic rings. The van der Waals surface area contributed by atoms with Crippen LogP contribution in [-0.4, -0.2) is 24.9 Å². The number of ether oxygens (including phenoxy) is 2. The van der Waals surface area contributed by atoms with Crippen LogP contribution in [0.1, 0.15) is 25.0 Å². The van der Waals surface area contributed by atoms with Crippen LogP contribution in [-0.2, 0) is 6.42 Å². The Labute approximate surface area is 112 Å². The summed E-state index contributed by atoms with van der Waals surface area (Å²) < 4.78 is 11.3. The number of rotatable bonds is 4. The molecule has 0 unspecified atom stereocenters. The smallest absolute Gasteiger partial charge is 0.211 e. The Morgan fingerprint density at radius 2 is 2.32 bits per heavy atom. The summed E-state index contributed by atoms with van der Waals surface area (Å²) in [6, 6.07) is 3.88. The lowest BCUT2D eigenvalue weighted by atomic mass is 10.1. The summed E-state index contributed by atoms with van der Waals surface area (Å²) in [5.74, 6) is 1.54. The van der Waals surface area contributed by atoms with Crippen LogP contribution < -0.4 is 20.9 Å². The van der Waals surface area contributed by atoms with Crippen LogP contribution in [0, 0.1) is 0 Å². The van der Waals surface area contributed by atoms with Gasteiger partial charge in [-0.2, -0.15) is 5.10 Å². The van der Waals surface area contributed by atoms with E-state index in [1.807, 2.05) is 26.0 Å². The van der Waals surface area contributed by atoms with Crippen molar-refractivity contribution < 1.29 is 9.47 Å². The monoisotopic (exact) mass is 262 g/mol. The molecule has 1 aliphatic heterocycles. The van der Waals surface area contributed by atoms with E-state index in [0.29, 0.717) is 6.61 Å². The first kappa shape index (κ1) is 13.2. The summed E-state index contributed by atoms with van der Waals surface area (Å²) >= 11 is 0. The molecule has 1 heterocycles. The van der Waals surface area contributed by atoms with Gasteiger partial charge in [-0.05, 0) is 26.0 Å². The highest BCUT2D eigenvalue weighted by Gasteiger charge is 2.21. The summed E-state index contributed by atoms with van der Waals surface area (Å²) in [6.07, 6.45) is 2.63. The Morgan fingerprint density at radius 3 is 3.00 bits per heavy atom. The summed E-state index contributed by atoms with van der Waals surface area (Å²) in [5, 5.41) is 7.38. The molecule has 2 rings (SSSR count). The molecule has 0 bridgehead atoms. The number of nitrogens with zero attached hydrogens (tertiary/aromatic N) is 2. The zero-order valence-corrected chi connectivity index (χ0v) is 11.1.